The molecular formula is C23H37N3O2. The molecule has 1 atom stereocenters. The van der Waals surface area contributed by atoms with Crippen molar-refractivity contribution in [2.75, 3.05) is 33.4 Å². The normalized spacial score (nSPS) is 21.8. The van der Waals surface area contributed by atoms with Gasteiger partial charge in [-0.15, -0.1) is 0 Å². The van der Waals surface area contributed by atoms with Crippen LogP contribution in [0.25, 0.3) is 0 Å². The fraction of sp³-hybridized carbons (Fsp3) is 0.696. The molecule has 2 heterocycles. The van der Waals surface area contributed by atoms with Crippen LogP contribution >= 0.6 is 0 Å². The second-order valence-electron chi connectivity index (χ2n) is 8.29. The Labute approximate surface area is 170 Å². The molecule has 1 unspecified atom stereocenters. The zero-order valence-corrected chi connectivity index (χ0v) is 18.1. The Kier molecular flexibility index (Phi) is 7.74. The van der Waals surface area contributed by atoms with Crippen molar-refractivity contribution in [1.82, 2.24) is 10.2 Å². The van der Waals surface area contributed by atoms with Crippen molar-refractivity contribution < 1.29 is 9.47 Å². The molecule has 0 aromatic heterocycles. The minimum atomic E-state index is 0.308. The van der Waals surface area contributed by atoms with Gasteiger partial charge in [-0.2, -0.15) is 0 Å². The summed E-state index contributed by atoms with van der Waals surface area (Å²) in [5.74, 6) is 0.994. The van der Waals surface area contributed by atoms with Gasteiger partial charge in [-0.25, -0.2) is 0 Å². The smallest absolute Gasteiger partial charge is 0.193 e. The van der Waals surface area contributed by atoms with E-state index in [9.17, 15) is 0 Å². The molecule has 2 fully saturated rings. The van der Waals surface area contributed by atoms with Gasteiger partial charge in [-0.1, -0.05) is 17.7 Å². The summed E-state index contributed by atoms with van der Waals surface area (Å²) in [6, 6.07) is 4.51. The van der Waals surface area contributed by atoms with Gasteiger partial charge in [0.15, 0.2) is 5.96 Å². The highest BCUT2D eigenvalue weighted by Gasteiger charge is 2.23. The topological polar surface area (TPSA) is 46.1 Å². The molecule has 0 radical (unpaired) electrons. The van der Waals surface area contributed by atoms with Gasteiger partial charge in [0.2, 0.25) is 0 Å². The second-order valence-corrected chi connectivity index (χ2v) is 8.29. The molecule has 1 aromatic rings. The predicted octanol–water partition coefficient (Wildman–Crippen LogP) is 3.74. The van der Waals surface area contributed by atoms with Crippen LogP contribution in [-0.2, 0) is 16.0 Å². The van der Waals surface area contributed by atoms with Crippen LogP contribution in [0.2, 0.25) is 0 Å². The molecular weight excluding hydrogens is 350 g/mol. The first-order valence-corrected chi connectivity index (χ1v) is 10.8. The number of likely N-dealkylation sites (tertiary alicyclic amines) is 1. The molecule has 1 aromatic carbocycles. The molecule has 2 saturated heterocycles. The highest BCUT2D eigenvalue weighted by Crippen LogP contribution is 2.19. The minimum absolute atomic E-state index is 0.308. The van der Waals surface area contributed by atoms with Crippen molar-refractivity contribution in [3.8, 4) is 0 Å². The molecule has 5 heteroatoms. The molecule has 0 bridgehead atoms. The summed E-state index contributed by atoms with van der Waals surface area (Å²) < 4.78 is 11.9. The Balaban J connectivity index is 1.45. The number of hydrogen-bond acceptors (Lipinski definition) is 3. The zero-order valence-electron chi connectivity index (χ0n) is 18.1. The van der Waals surface area contributed by atoms with Crippen LogP contribution in [0.1, 0.15) is 54.4 Å². The highest BCUT2D eigenvalue weighted by molar-refractivity contribution is 5.80. The van der Waals surface area contributed by atoms with E-state index in [-0.39, 0.29) is 0 Å². The van der Waals surface area contributed by atoms with Crippen molar-refractivity contribution in [2.45, 2.75) is 71.6 Å². The van der Waals surface area contributed by atoms with E-state index in [2.05, 4.69) is 48.1 Å². The average molecular weight is 388 g/mol. The third-order valence-electron chi connectivity index (χ3n) is 6.01. The minimum Gasteiger partial charge on any atom is -0.376 e. The number of ether oxygens (including phenoxy) is 2. The van der Waals surface area contributed by atoms with Gasteiger partial charge >= 0.3 is 0 Å². The Morgan fingerprint density at radius 3 is 2.46 bits per heavy atom. The van der Waals surface area contributed by atoms with Crippen LogP contribution in [0.5, 0.6) is 0 Å². The second kappa shape index (κ2) is 10.3. The van der Waals surface area contributed by atoms with Crippen LogP contribution in [0, 0.1) is 20.8 Å². The van der Waals surface area contributed by atoms with Crippen LogP contribution < -0.4 is 5.32 Å². The lowest BCUT2D eigenvalue weighted by Crippen LogP contribution is -2.47. The van der Waals surface area contributed by atoms with Crippen molar-refractivity contribution in [3.05, 3.63) is 34.4 Å². The van der Waals surface area contributed by atoms with Crippen LogP contribution in [-0.4, -0.2) is 56.4 Å². The maximum absolute atomic E-state index is 6.14. The predicted molar refractivity (Wildman–Crippen MR) is 115 cm³/mol. The molecule has 156 valence electrons. The number of nitrogens with zero attached hydrogens (tertiary/aromatic N) is 2. The fourth-order valence-corrected chi connectivity index (χ4v) is 4.41. The van der Waals surface area contributed by atoms with E-state index in [0.717, 1.165) is 58.1 Å². The first-order chi connectivity index (χ1) is 13.6. The number of benzene rings is 1. The van der Waals surface area contributed by atoms with Gasteiger partial charge in [0.1, 0.15) is 0 Å². The van der Waals surface area contributed by atoms with Crippen LogP contribution in [0.15, 0.2) is 17.1 Å². The quantitative estimate of drug-likeness (QED) is 0.618. The lowest BCUT2D eigenvalue weighted by atomic mass is 10.00. The lowest BCUT2D eigenvalue weighted by Gasteiger charge is -2.35. The average Bonchev–Trinajstić information content (AvgIpc) is 2.70. The number of aryl methyl sites for hydroxylation is 3. The van der Waals surface area contributed by atoms with Gasteiger partial charge in [-0.3, -0.25) is 4.99 Å². The Bertz CT molecular complexity index is 637. The molecule has 0 saturated carbocycles. The van der Waals surface area contributed by atoms with Crippen LogP contribution in [0.3, 0.4) is 0 Å². The Morgan fingerprint density at radius 2 is 1.86 bits per heavy atom. The molecule has 0 spiro atoms. The number of nitrogens with one attached hydrogen (secondary N) is 1. The van der Waals surface area contributed by atoms with Crippen LogP contribution in [0.4, 0.5) is 0 Å². The summed E-state index contributed by atoms with van der Waals surface area (Å²) >= 11 is 0. The summed E-state index contributed by atoms with van der Waals surface area (Å²) in [7, 11) is 1.88. The summed E-state index contributed by atoms with van der Waals surface area (Å²) in [6.07, 6.45) is 6.37. The van der Waals surface area contributed by atoms with Gasteiger partial charge in [-0.05, 0) is 69.6 Å². The third-order valence-corrected chi connectivity index (χ3v) is 6.01. The number of hydrogen-bond donors (Lipinski definition) is 1. The summed E-state index contributed by atoms with van der Waals surface area (Å²) in [5.41, 5.74) is 5.39. The van der Waals surface area contributed by atoms with Crippen molar-refractivity contribution in [3.63, 3.8) is 0 Å². The van der Waals surface area contributed by atoms with Gasteiger partial charge in [0.05, 0.1) is 18.8 Å². The van der Waals surface area contributed by atoms with E-state index < -0.39 is 0 Å². The molecule has 0 amide bonds. The summed E-state index contributed by atoms with van der Waals surface area (Å²) in [5, 5.41) is 3.57. The molecule has 2 aliphatic heterocycles. The summed E-state index contributed by atoms with van der Waals surface area (Å²) in [6.45, 7) is 11.0. The number of piperidine rings is 1. The Hall–Kier alpha value is -1.59. The zero-order chi connectivity index (χ0) is 19.9. The highest BCUT2D eigenvalue weighted by atomic mass is 16.5. The Morgan fingerprint density at radius 1 is 1.14 bits per heavy atom. The maximum Gasteiger partial charge on any atom is 0.193 e. The van der Waals surface area contributed by atoms with Crippen molar-refractivity contribution in [1.29, 1.82) is 0 Å². The SMILES string of the molecule is CN=C(NCc1c(C)cc(C)cc1C)N1CCC(OCC2CCCCO2)CC1. The maximum atomic E-state index is 6.14. The number of guanidine groups is 1. The van der Waals surface area contributed by atoms with Gasteiger partial charge in [0, 0.05) is 33.3 Å². The van der Waals surface area contributed by atoms with Gasteiger partial charge in [0.25, 0.3) is 0 Å². The molecule has 28 heavy (non-hydrogen) atoms. The van der Waals surface area contributed by atoms with Crippen molar-refractivity contribution >= 4 is 5.96 Å². The number of aliphatic imine (C=N–C) groups is 1. The van der Waals surface area contributed by atoms with Crippen molar-refractivity contribution in [2.24, 2.45) is 4.99 Å². The summed E-state index contributed by atoms with van der Waals surface area (Å²) in [4.78, 5) is 6.88. The molecule has 2 aliphatic rings. The van der Waals surface area contributed by atoms with E-state index in [1.165, 1.54) is 35.1 Å². The van der Waals surface area contributed by atoms with E-state index >= 15 is 0 Å². The molecule has 1 N–H and O–H groups in total. The van der Waals surface area contributed by atoms with E-state index in [4.69, 9.17) is 9.47 Å². The van der Waals surface area contributed by atoms with E-state index in [1.54, 1.807) is 0 Å². The first kappa shape index (κ1) is 21.1. The van der Waals surface area contributed by atoms with E-state index in [0.29, 0.717) is 12.2 Å². The molecule has 5 nitrogen and oxygen atoms in total. The third kappa shape index (κ3) is 5.71. The molecule has 3 rings (SSSR count). The largest absolute Gasteiger partial charge is 0.376 e. The lowest BCUT2D eigenvalue weighted by molar-refractivity contribution is -0.0721. The van der Waals surface area contributed by atoms with E-state index in [1.807, 2.05) is 7.05 Å². The number of rotatable bonds is 5. The molecule has 0 aliphatic carbocycles. The fourth-order valence-electron chi connectivity index (χ4n) is 4.41. The standard InChI is InChI=1S/C23H37N3O2/c1-17-13-18(2)22(19(3)14-17)15-25-23(24-4)26-10-8-20(9-11-26)28-16-21-7-5-6-12-27-21/h13-14,20-21H,5-12,15-16H2,1-4H3,(H,24,25). The van der Waals surface area contributed by atoms with Gasteiger partial charge < -0.3 is 19.7 Å². The monoisotopic (exact) mass is 387 g/mol. The first-order valence-electron chi connectivity index (χ1n) is 10.8.